The minimum Gasteiger partial charge on any atom is -0.391 e. The SMILES string of the molecule is CN/C(=C\C(=O)N1CCn2c(nnc2C(F)(F)F)C1)Cc1cc(F)c(F)cc1F. The lowest BCUT2D eigenvalue weighted by molar-refractivity contribution is -0.148. The van der Waals surface area contributed by atoms with E-state index in [2.05, 4.69) is 15.5 Å². The number of nitrogens with zero attached hydrogens (tertiary/aromatic N) is 4. The van der Waals surface area contributed by atoms with E-state index in [1.807, 2.05) is 0 Å². The molecule has 0 spiro atoms. The number of allylic oxidation sites excluding steroid dienone is 1. The molecular weight excluding hydrogens is 404 g/mol. The summed E-state index contributed by atoms with van der Waals surface area (Å²) in [6, 6.07) is 1.11. The molecule has 0 bridgehead atoms. The van der Waals surface area contributed by atoms with E-state index in [1.165, 1.54) is 11.9 Å². The molecule has 0 saturated carbocycles. The Morgan fingerprint density at radius 1 is 1.14 bits per heavy atom. The molecule has 0 aliphatic carbocycles. The Morgan fingerprint density at radius 2 is 1.83 bits per heavy atom. The molecule has 6 nitrogen and oxygen atoms in total. The van der Waals surface area contributed by atoms with Crippen molar-refractivity contribution >= 4 is 5.91 Å². The third-order valence-corrected chi connectivity index (χ3v) is 4.41. The number of nitrogens with one attached hydrogen (secondary N) is 1. The zero-order valence-electron chi connectivity index (χ0n) is 15.0. The number of likely N-dealkylation sites (N-methyl/N-ethyl adjacent to an activating group) is 1. The van der Waals surface area contributed by atoms with Crippen LogP contribution in [0.1, 0.15) is 17.2 Å². The average Bonchev–Trinajstić information content (AvgIpc) is 3.08. The highest BCUT2D eigenvalue weighted by Crippen LogP contribution is 2.29. The molecule has 2 heterocycles. The van der Waals surface area contributed by atoms with Gasteiger partial charge in [-0.25, -0.2) is 13.2 Å². The Hall–Kier alpha value is -3.05. The molecular formula is C17H15F6N5O. The van der Waals surface area contributed by atoms with Crippen LogP contribution in [0.3, 0.4) is 0 Å². The molecule has 1 aromatic carbocycles. The minimum atomic E-state index is -4.65. The van der Waals surface area contributed by atoms with Gasteiger partial charge in [-0.05, 0) is 11.6 Å². The third-order valence-electron chi connectivity index (χ3n) is 4.41. The van der Waals surface area contributed by atoms with Crippen LogP contribution in [0.15, 0.2) is 23.9 Å². The van der Waals surface area contributed by atoms with E-state index in [1.54, 1.807) is 0 Å². The van der Waals surface area contributed by atoms with Crippen molar-refractivity contribution in [2.45, 2.75) is 25.7 Å². The molecule has 2 aromatic rings. The van der Waals surface area contributed by atoms with Crippen LogP contribution in [0.5, 0.6) is 0 Å². The van der Waals surface area contributed by atoms with Crippen molar-refractivity contribution in [3.63, 3.8) is 0 Å². The molecule has 156 valence electrons. The highest BCUT2D eigenvalue weighted by atomic mass is 19.4. The van der Waals surface area contributed by atoms with Crippen molar-refractivity contribution in [1.29, 1.82) is 0 Å². The first kappa shape index (κ1) is 20.7. The average molecular weight is 419 g/mol. The summed E-state index contributed by atoms with van der Waals surface area (Å²) in [5, 5.41) is 9.30. The van der Waals surface area contributed by atoms with Gasteiger partial charge in [0, 0.05) is 44.4 Å². The fraction of sp³-hybridized carbons (Fsp3) is 0.353. The van der Waals surface area contributed by atoms with Crippen LogP contribution < -0.4 is 5.32 Å². The van der Waals surface area contributed by atoms with Gasteiger partial charge < -0.3 is 14.8 Å². The standard InChI is InChI=1S/C17H15F6N5O/c1-24-10(4-9-5-12(19)13(20)7-11(9)18)6-15(29)27-2-3-28-14(8-27)25-26-16(28)17(21,22)23/h5-7,24H,2-4,8H2,1H3/b10-6-. The van der Waals surface area contributed by atoms with Crippen LogP contribution in [0.2, 0.25) is 0 Å². The number of rotatable bonds is 4. The highest BCUT2D eigenvalue weighted by Gasteiger charge is 2.39. The summed E-state index contributed by atoms with van der Waals surface area (Å²) in [7, 11) is 1.46. The van der Waals surface area contributed by atoms with E-state index >= 15 is 0 Å². The van der Waals surface area contributed by atoms with Crippen LogP contribution in [0.4, 0.5) is 26.3 Å². The lowest BCUT2D eigenvalue weighted by Gasteiger charge is -2.27. The van der Waals surface area contributed by atoms with E-state index in [9.17, 15) is 31.1 Å². The van der Waals surface area contributed by atoms with Crippen molar-refractivity contribution in [3.8, 4) is 0 Å². The summed E-state index contributed by atoms with van der Waals surface area (Å²) in [6.45, 7) is -0.335. The minimum absolute atomic E-state index is 0.0111. The number of carbonyl (C=O) groups excluding carboxylic acids is 1. The van der Waals surface area contributed by atoms with Crippen molar-refractivity contribution in [1.82, 2.24) is 25.0 Å². The van der Waals surface area contributed by atoms with Gasteiger partial charge >= 0.3 is 6.18 Å². The van der Waals surface area contributed by atoms with Crippen LogP contribution in [-0.2, 0) is 30.5 Å². The molecule has 0 atom stereocenters. The van der Waals surface area contributed by atoms with E-state index in [-0.39, 0.29) is 43.1 Å². The summed E-state index contributed by atoms with van der Waals surface area (Å²) in [5.41, 5.74) is 0.0495. The van der Waals surface area contributed by atoms with Gasteiger partial charge in [-0.3, -0.25) is 4.79 Å². The van der Waals surface area contributed by atoms with Gasteiger partial charge in [0.25, 0.3) is 0 Å². The molecule has 12 heteroatoms. The molecule has 1 amide bonds. The van der Waals surface area contributed by atoms with Crippen molar-refractivity contribution in [2.75, 3.05) is 13.6 Å². The van der Waals surface area contributed by atoms with Gasteiger partial charge in [0.2, 0.25) is 11.7 Å². The zero-order chi connectivity index (χ0) is 21.3. The Kier molecular flexibility index (Phi) is 5.53. The number of alkyl halides is 3. The number of halogens is 6. The Balaban J connectivity index is 1.75. The summed E-state index contributed by atoms with van der Waals surface area (Å²) in [5.74, 6) is -5.21. The summed E-state index contributed by atoms with van der Waals surface area (Å²) >= 11 is 0. The summed E-state index contributed by atoms with van der Waals surface area (Å²) < 4.78 is 79.7. The lowest BCUT2D eigenvalue weighted by Crippen LogP contribution is -2.39. The first-order valence-corrected chi connectivity index (χ1v) is 8.40. The van der Waals surface area contributed by atoms with Crippen LogP contribution in [-0.4, -0.2) is 39.2 Å². The second kappa shape index (κ2) is 7.76. The predicted molar refractivity (Wildman–Crippen MR) is 87.6 cm³/mol. The maximum absolute atomic E-state index is 13.8. The summed E-state index contributed by atoms with van der Waals surface area (Å²) in [6.07, 6.45) is -3.74. The van der Waals surface area contributed by atoms with E-state index in [0.717, 1.165) is 10.6 Å². The molecule has 0 unspecified atom stereocenters. The number of carbonyl (C=O) groups is 1. The number of aromatic nitrogens is 3. The monoisotopic (exact) mass is 419 g/mol. The fourth-order valence-electron chi connectivity index (χ4n) is 2.91. The predicted octanol–water partition coefficient (Wildman–Crippen LogP) is 2.40. The lowest BCUT2D eigenvalue weighted by atomic mass is 10.1. The number of hydrogen-bond donors (Lipinski definition) is 1. The van der Waals surface area contributed by atoms with Crippen LogP contribution in [0.25, 0.3) is 0 Å². The zero-order valence-corrected chi connectivity index (χ0v) is 15.0. The van der Waals surface area contributed by atoms with Crippen LogP contribution in [0, 0.1) is 17.5 Å². The molecule has 1 aliphatic heterocycles. The van der Waals surface area contributed by atoms with Gasteiger partial charge in [-0.1, -0.05) is 0 Å². The van der Waals surface area contributed by atoms with Gasteiger partial charge in [-0.15, -0.1) is 10.2 Å². The molecule has 0 saturated heterocycles. The van der Waals surface area contributed by atoms with Crippen molar-refractivity contribution in [3.05, 3.63) is 58.6 Å². The molecule has 3 rings (SSSR count). The van der Waals surface area contributed by atoms with Gasteiger partial charge in [0.1, 0.15) is 5.82 Å². The molecule has 29 heavy (non-hydrogen) atoms. The molecule has 1 aromatic heterocycles. The van der Waals surface area contributed by atoms with Crippen molar-refractivity contribution < 1.29 is 31.1 Å². The van der Waals surface area contributed by atoms with Gasteiger partial charge in [0.15, 0.2) is 17.5 Å². The molecule has 0 radical (unpaired) electrons. The Morgan fingerprint density at radius 3 is 2.48 bits per heavy atom. The Labute approximate surface area is 160 Å². The molecule has 1 aliphatic rings. The topological polar surface area (TPSA) is 63.1 Å². The molecule has 1 N–H and O–H groups in total. The van der Waals surface area contributed by atoms with E-state index in [0.29, 0.717) is 12.1 Å². The number of hydrogen-bond acceptors (Lipinski definition) is 4. The maximum atomic E-state index is 13.8. The van der Waals surface area contributed by atoms with E-state index in [4.69, 9.17) is 0 Å². The van der Waals surface area contributed by atoms with Crippen molar-refractivity contribution in [2.24, 2.45) is 0 Å². The second-order valence-electron chi connectivity index (χ2n) is 6.30. The normalized spacial score (nSPS) is 14.7. The second-order valence-corrected chi connectivity index (χ2v) is 6.30. The number of fused-ring (bicyclic) bond motifs is 1. The summed E-state index contributed by atoms with van der Waals surface area (Å²) in [4.78, 5) is 13.7. The number of benzene rings is 1. The van der Waals surface area contributed by atoms with Gasteiger partial charge in [-0.2, -0.15) is 13.2 Å². The van der Waals surface area contributed by atoms with Gasteiger partial charge in [0.05, 0.1) is 6.54 Å². The Bertz CT molecular complexity index is 968. The maximum Gasteiger partial charge on any atom is 0.451 e. The highest BCUT2D eigenvalue weighted by molar-refractivity contribution is 5.88. The van der Waals surface area contributed by atoms with Crippen LogP contribution >= 0.6 is 0 Å². The quantitative estimate of drug-likeness (QED) is 0.470. The number of amides is 1. The fourth-order valence-corrected chi connectivity index (χ4v) is 2.91. The molecule has 0 fully saturated rings. The largest absolute Gasteiger partial charge is 0.451 e. The first-order chi connectivity index (χ1) is 13.6. The smallest absolute Gasteiger partial charge is 0.391 e. The van der Waals surface area contributed by atoms with E-state index < -0.39 is 35.4 Å². The third kappa shape index (κ3) is 4.35. The first-order valence-electron chi connectivity index (χ1n) is 8.40.